The van der Waals surface area contributed by atoms with Gasteiger partial charge in [0.05, 0.1) is 11.2 Å². The highest BCUT2D eigenvalue weighted by molar-refractivity contribution is 6.62. The molecule has 0 spiro atoms. The van der Waals surface area contributed by atoms with Crippen LogP contribution in [0.3, 0.4) is 0 Å². The molecular weight excluding hydrogens is 457 g/mol. The molecular formula is C32H30BNO3. The summed E-state index contributed by atoms with van der Waals surface area (Å²) in [5, 5.41) is 2.28. The van der Waals surface area contributed by atoms with Gasteiger partial charge in [-0.15, -0.1) is 0 Å². The lowest BCUT2D eigenvalue weighted by atomic mass is 9.74. The van der Waals surface area contributed by atoms with Gasteiger partial charge in [0.25, 0.3) is 0 Å². The van der Waals surface area contributed by atoms with Crippen molar-refractivity contribution >= 4 is 34.5 Å². The van der Waals surface area contributed by atoms with Crippen LogP contribution in [0.2, 0.25) is 0 Å². The van der Waals surface area contributed by atoms with Gasteiger partial charge in [-0.2, -0.15) is 0 Å². The highest BCUT2D eigenvalue weighted by Gasteiger charge is 2.52. The summed E-state index contributed by atoms with van der Waals surface area (Å²) < 4.78 is 19.2. The second-order valence-corrected chi connectivity index (χ2v) is 11.9. The van der Waals surface area contributed by atoms with Crippen LogP contribution in [-0.2, 0) is 14.7 Å². The Morgan fingerprint density at radius 2 is 1.43 bits per heavy atom. The normalized spacial score (nSPS) is 18.9. The lowest BCUT2D eigenvalue weighted by Gasteiger charge is -2.32. The zero-order valence-electron chi connectivity index (χ0n) is 22.2. The average Bonchev–Trinajstić information content (AvgIpc) is 3.48. The van der Waals surface area contributed by atoms with Gasteiger partial charge < -0.3 is 13.7 Å². The Morgan fingerprint density at radius 3 is 2.16 bits per heavy atom. The molecule has 1 fully saturated rings. The fraction of sp³-hybridized carbons (Fsp3) is 0.281. The van der Waals surface area contributed by atoms with E-state index in [9.17, 15) is 0 Å². The Bertz CT molecular complexity index is 1700. The van der Waals surface area contributed by atoms with Gasteiger partial charge in [0, 0.05) is 16.4 Å². The molecule has 37 heavy (non-hydrogen) atoms. The molecule has 0 radical (unpaired) electrons. The molecule has 0 N–H and O–H groups in total. The van der Waals surface area contributed by atoms with Crippen molar-refractivity contribution in [2.75, 3.05) is 0 Å². The third-order valence-corrected chi connectivity index (χ3v) is 8.74. The summed E-state index contributed by atoms with van der Waals surface area (Å²) in [5.41, 5.74) is 7.86. The molecule has 0 bridgehead atoms. The van der Waals surface area contributed by atoms with Crippen molar-refractivity contribution in [1.82, 2.24) is 4.98 Å². The highest BCUT2D eigenvalue weighted by Crippen LogP contribution is 2.52. The minimum atomic E-state index is -0.388. The lowest BCUT2D eigenvalue weighted by molar-refractivity contribution is 0.00578. The molecule has 4 aromatic carbocycles. The molecule has 5 heteroatoms. The summed E-state index contributed by atoms with van der Waals surface area (Å²) in [5.74, 6) is 0.647. The lowest BCUT2D eigenvalue weighted by Crippen LogP contribution is -2.41. The molecule has 1 aromatic heterocycles. The van der Waals surface area contributed by atoms with Crippen molar-refractivity contribution in [2.45, 2.75) is 58.2 Å². The third-order valence-electron chi connectivity index (χ3n) is 8.74. The number of benzene rings is 4. The van der Waals surface area contributed by atoms with Crippen molar-refractivity contribution in [3.8, 4) is 22.6 Å². The van der Waals surface area contributed by atoms with E-state index in [4.69, 9.17) is 18.7 Å². The predicted molar refractivity (Wildman–Crippen MR) is 150 cm³/mol. The molecule has 2 heterocycles. The van der Waals surface area contributed by atoms with Crippen molar-refractivity contribution < 1.29 is 13.7 Å². The number of nitrogens with zero attached hydrogens (tertiary/aromatic N) is 1. The van der Waals surface area contributed by atoms with Crippen LogP contribution in [0.1, 0.15) is 52.7 Å². The van der Waals surface area contributed by atoms with Gasteiger partial charge in [0.1, 0.15) is 5.52 Å². The number of oxazole rings is 1. The minimum Gasteiger partial charge on any atom is -0.435 e. The van der Waals surface area contributed by atoms with Crippen LogP contribution in [0, 0.1) is 0 Å². The van der Waals surface area contributed by atoms with E-state index in [0.29, 0.717) is 5.89 Å². The summed E-state index contributed by atoms with van der Waals surface area (Å²) in [6.45, 7) is 13.0. The van der Waals surface area contributed by atoms with E-state index >= 15 is 0 Å². The summed E-state index contributed by atoms with van der Waals surface area (Å²) in [4.78, 5) is 4.84. The first-order valence-electron chi connectivity index (χ1n) is 13.0. The van der Waals surface area contributed by atoms with E-state index in [2.05, 4.69) is 84.0 Å². The summed E-state index contributed by atoms with van der Waals surface area (Å²) in [7, 11) is -0.388. The van der Waals surface area contributed by atoms with Crippen LogP contribution in [0.15, 0.2) is 77.2 Å². The molecule has 1 aliphatic carbocycles. The zero-order valence-corrected chi connectivity index (χ0v) is 22.2. The Labute approximate surface area is 217 Å². The molecule has 5 aromatic rings. The molecule has 0 atom stereocenters. The molecule has 1 aliphatic heterocycles. The maximum Gasteiger partial charge on any atom is 0.494 e. The van der Waals surface area contributed by atoms with Gasteiger partial charge in [-0.3, -0.25) is 0 Å². The van der Waals surface area contributed by atoms with Crippen LogP contribution < -0.4 is 5.46 Å². The first-order chi connectivity index (χ1) is 17.6. The van der Waals surface area contributed by atoms with Crippen molar-refractivity contribution in [2.24, 2.45) is 0 Å². The number of rotatable bonds is 2. The zero-order chi connectivity index (χ0) is 25.7. The largest absolute Gasteiger partial charge is 0.494 e. The summed E-state index contributed by atoms with van der Waals surface area (Å²) in [6.07, 6.45) is 0. The Morgan fingerprint density at radius 1 is 0.730 bits per heavy atom. The van der Waals surface area contributed by atoms with Crippen LogP contribution in [0.4, 0.5) is 0 Å². The van der Waals surface area contributed by atoms with Crippen LogP contribution in [0.5, 0.6) is 0 Å². The number of hydrogen-bond donors (Lipinski definition) is 0. The fourth-order valence-electron chi connectivity index (χ4n) is 5.87. The molecule has 4 nitrogen and oxygen atoms in total. The molecule has 1 saturated heterocycles. The maximum absolute atomic E-state index is 6.48. The minimum absolute atomic E-state index is 0.178. The van der Waals surface area contributed by atoms with E-state index < -0.39 is 0 Å². The second-order valence-electron chi connectivity index (χ2n) is 11.9. The van der Waals surface area contributed by atoms with E-state index in [1.807, 2.05) is 30.3 Å². The van der Waals surface area contributed by atoms with Gasteiger partial charge in [0.15, 0.2) is 5.58 Å². The van der Waals surface area contributed by atoms with Gasteiger partial charge >= 0.3 is 7.12 Å². The van der Waals surface area contributed by atoms with E-state index in [1.165, 1.54) is 22.3 Å². The molecule has 2 aliphatic rings. The standard InChI is InChI=1S/C32H30BNO3/c1-30(2)23-16-12-19-13-17-25-28(35-29(34-25)20-10-8-7-9-11-20)26(19)27(23)22-15-14-21(18-24(22)30)33-36-31(3,4)32(5,6)37-33/h7-18H,1-6H3. The predicted octanol–water partition coefficient (Wildman–Crippen LogP) is 7.25. The SMILES string of the molecule is CC1(C)c2cc(B3OC(C)(C)C(C)(C)O3)ccc2-c2c1ccc1ccc3nc(-c4ccccc4)oc3c21. The van der Waals surface area contributed by atoms with Crippen LogP contribution in [0.25, 0.3) is 44.5 Å². The van der Waals surface area contributed by atoms with Crippen molar-refractivity contribution in [1.29, 1.82) is 0 Å². The monoisotopic (exact) mass is 487 g/mol. The van der Waals surface area contributed by atoms with Crippen LogP contribution in [-0.4, -0.2) is 23.3 Å². The fourth-order valence-corrected chi connectivity index (χ4v) is 5.87. The van der Waals surface area contributed by atoms with Gasteiger partial charge in [-0.25, -0.2) is 4.98 Å². The quantitative estimate of drug-likeness (QED) is 0.246. The maximum atomic E-state index is 6.48. The van der Waals surface area contributed by atoms with E-state index in [1.54, 1.807) is 0 Å². The summed E-state index contributed by atoms with van der Waals surface area (Å²) in [6, 6.07) is 25.4. The molecule has 184 valence electrons. The number of fused-ring (bicyclic) bond motifs is 7. The Hall–Kier alpha value is -3.41. The van der Waals surface area contributed by atoms with E-state index in [0.717, 1.165) is 32.9 Å². The van der Waals surface area contributed by atoms with Crippen molar-refractivity contribution in [3.63, 3.8) is 0 Å². The number of hydrogen-bond acceptors (Lipinski definition) is 4. The topological polar surface area (TPSA) is 44.5 Å². The molecule has 0 unspecified atom stereocenters. The number of aromatic nitrogens is 1. The van der Waals surface area contributed by atoms with Crippen LogP contribution >= 0.6 is 0 Å². The smallest absolute Gasteiger partial charge is 0.435 e. The first kappa shape index (κ1) is 22.8. The van der Waals surface area contributed by atoms with E-state index in [-0.39, 0.29) is 23.7 Å². The third kappa shape index (κ3) is 3.14. The Kier molecular flexibility index (Phi) is 4.51. The average molecular weight is 487 g/mol. The van der Waals surface area contributed by atoms with Crippen molar-refractivity contribution in [3.05, 3.63) is 83.9 Å². The van der Waals surface area contributed by atoms with Gasteiger partial charge in [-0.1, -0.05) is 68.4 Å². The van der Waals surface area contributed by atoms with Gasteiger partial charge in [0.2, 0.25) is 5.89 Å². The summed E-state index contributed by atoms with van der Waals surface area (Å²) >= 11 is 0. The second kappa shape index (κ2) is 7.34. The van der Waals surface area contributed by atoms with Gasteiger partial charge in [-0.05, 0) is 79.0 Å². The molecule has 7 rings (SSSR count). The first-order valence-corrected chi connectivity index (χ1v) is 13.0. The molecule has 0 saturated carbocycles. The molecule has 0 amide bonds. The highest BCUT2D eigenvalue weighted by atomic mass is 16.7. The Balaban J connectivity index is 1.43.